The van der Waals surface area contributed by atoms with Gasteiger partial charge in [-0.2, -0.15) is 4.31 Å². The first kappa shape index (κ1) is 19.2. The average Bonchev–Trinajstić information content (AvgIpc) is 3.43. The predicted octanol–water partition coefficient (Wildman–Crippen LogP) is 3.07. The topological polar surface area (TPSA) is 74.8 Å². The van der Waals surface area contributed by atoms with Crippen molar-refractivity contribution in [1.82, 2.24) is 4.31 Å². The van der Waals surface area contributed by atoms with Crippen molar-refractivity contribution in [1.29, 1.82) is 0 Å². The number of imide groups is 1. The molecule has 1 atom stereocenters. The Hall–Kier alpha value is -2.10. The summed E-state index contributed by atoms with van der Waals surface area (Å²) in [6.07, 6.45) is 1.05. The van der Waals surface area contributed by atoms with Gasteiger partial charge in [0.25, 0.3) is 5.91 Å². The number of nitrogens with zero attached hydrogens (tertiary/aromatic N) is 2. The first-order valence-electron chi connectivity index (χ1n) is 8.70. The van der Waals surface area contributed by atoms with Crippen LogP contribution in [0.4, 0.5) is 10.1 Å². The smallest absolute Gasteiger partial charge is 0.252 e. The highest BCUT2D eigenvalue weighted by atomic mass is 79.9. The number of rotatable bonds is 5. The molecule has 146 valence electrons. The van der Waals surface area contributed by atoms with Gasteiger partial charge in [0.05, 0.1) is 17.0 Å². The summed E-state index contributed by atoms with van der Waals surface area (Å²) < 4.78 is 41.6. The molecule has 4 rings (SSSR count). The molecule has 2 fully saturated rings. The molecule has 2 aromatic carbocycles. The van der Waals surface area contributed by atoms with Crippen LogP contribution >= 0.6 is 15.9 Å². The number of halogens is 2. The summed E-state index contributed by atoms with van der Waals surface area (Å²) in [5.41, 5.74) is 0.232. The van der Waals surface area contributed by atoms with Gasteiger partial charge >= 0.3 is 0 Å². The van der Waals surface area contributed by atoms with Crippen molar-refractivity contribution in [3.8, 4) is 0 Å². The van der Waals surface area contributed by atoms with E-state index in [1.807, 2.05) is 0 Å². The lowest BCUT2D eigenvalue weighted by molar-refractivity contribution is -0.122. The van der Waals surface area contributed by atoms with E-state index in [2.05, 4.69) is 15.9 Å². The van der Waals surface area contributed by atoms with Crippen LogP contribution in [-0.2, 0) is 19.6 Å². The van der Waals surface area contributed by atoms with Gasteiger partial charge in [-0.25, -0.2) is 17.7 Å². The van der Waals surface area contributed by atoms with Crippen molar-refractivity contribution in [2.24, 2.45) is 0 Å². The molecule has 0 bridgehead atoms. The van der Waals surface area contributed by atoms with E-state index in [1.165, 1.54) is 28.6 Å². The molecular formula is C19H16BrFN2O4S. The Balaban J connectivity index is 1.69. The third kappa shape index (κ3) is 3.38. The minimum Gasteiger partial charge on any atom is -0.274 e. The fourth-order valence-corrected chi connectivity index (χ4v) is 5.44. The largest absolute Gasteiger partial charge is 0.274 e. The fourth-order valence-electron chi connectivity index (χ4n) is 3.35. The Morgan fingerprint density at radius 2 is 1.61 bits per heavy atom. The third-order valence-electron chi connectivity index (χ3n) is 4.81. The summed E-state index contributed by atoms with van der Waals surface area (Å²) in [5, 5.41) is 0. The lowest BCUT2D eigenvalue weighted by atomic mass is 10.2. The molecule has 1 unspecified atom stereocenters. The second kappa shape index (κ2) is 7.06. The summed E-state index contributed by atoms with van der Waals surface area (Å²) in [6, 6.07) is 9.73. The number of hydrogen-bond acceptors (Lipinski definition) is 4. The molecule has 1 heterocycles. The molecule has 0 radical (unpaired) electrons. The molecule has 0 N–H and O–H groups in total. The molecule has 1 aliphatic heterocycles. The van der Waals surface area contributed by atoms with Crippen molar-refractivity contribution < 1.29 is 22.4 Å². The molecule has 0 spiro atoms. The summed E-state index contributed by atoms with van der Waals surface area (Å²) in [4.78, 5) is 26.5. The zero-order valence-corrected chi connectivity index (χ0v) is 17.0. The highest BCUT2D eigenvalue weighted by Gasteiger charge is 2.51. The molecule has 6 nitrogen and oxygen atoms in total. The maximum absolute atomic E-state index is 13.2. The van der Waals surface area contributed by atoms with Crippen molar-refractivity contribution >= 4 is 43.5 Å². The zero-order valence-electron chi connectivity index (χ0n) is 14.6. The number of sulfonamides is 1. The lowest BCUT2D eigenvalue weighted by Crippen LogP contribution is -2.46. The summed E-state index contributed by atoms with van der Waals surface area (Å²) >= 11 is 3.27. The molecule has 28 heavy (non-hydrogen) atoms. The number of amides is 2. The van der Waals surface area contributed by atoms with Gasteiger partial charge in [0, 0.05) is 10.5 Å². The number of carbonyl (C=O) groups is 2. The first-order chi connectivity index (χ1) is 13.3. The summed E-state index contributed by atoms with van der Waals surface area (Å²) in [7, 11) is -3.95. The van der Waals surface area contributed by atoms with Crippen LogP contribution in [0.2, 0.25) is 0 Å². The number of benzene rings is 2. The van der Waals surface area contributed by atoms with Crippen LogP contribution in [0.3, 0.4) is 0 Å². The summed E-state index contributed by atoms with van der Waals surface area (Å²) in [6.45, 7) is 0. The van der Waals surface area contributed by atoms with Crippen LogP contribution in [-0.4, -0.2) is 36.6 Å². The van der Waals surface area contributed by atoms with Gasteiger partial charge in [0.1, 0.15) is 11.9 Å². The standard InChI is InChI=1S/C19H16BrFN2O4S/c20-12-1-9-16(10-2-12)28(26,27)23(15-7-8-15)17-11-18(24)22(19(17)25)14-5-3-13(21)4-6-14/h1-6,9-10,15,17H,7-8,11H2. The molecule has 1 saturated carbocycles. The SMILES string of the molecule is O=C1CC(N(C2CC2)S(=O)(=O)c2ccc(Br)cc2)C(=O)N1c1ccc(F)cc1. The third-order valence-corrected chi connectivity index (χ3v) is 7.31. The van der Waals surface area contributed by atoms with Crippen LogP contribution < -0.4 is 4.90 Å². The lowest BCUT2D eigenvalue weighted by Gasteiger charge is -2.26. The molecule has 9 heteroatoms. The first-order valence-corrected chi connectivity index (χ1v) is 10.9. The zero-order chi connectivity index (χ0) is 20.1. The molecule has 0 aromatic heterocycles. The van der Waals surface area contributed by atoms with Gasteiger partial charge in [-0.15, -0.1) is 0 Å². The van der Waals surface area contributed by atoms with Crippen molar-refractivity contribution in [3.05, 3.63) is 58.8 Å². The monoisotopic (exact) mass is 466 g/mol. The van der Waals surface area contributed by atoms with E-state index in [0.717, 1.165) is 21.5 Å². The highest BCUT2D eigenvalue weighted by Crippen LogP contribution is 2.38. The molecule has 2 aliphatic rings. The molecule has 1 saturated heterocycles. The number of hydrogen-bond donors (Lipinski definition) is 0. The quantitative estimate of drug-likeness (QED) is 0.634. The van der Waals surface area contributed by atoms with Crippen LogP contribution in [0.1, 0.15) is 19.3 Å². The minimum atomic E-state index is -3.95. The van der Waals surface area contributed by atoms with E-state index >= 15 is 0 Å². The maximum atomic E-state index is 13.2. The van der Waals surface area contributed by atoms with Gasteiger partial charge in [-0.05, 0) is 61.4 Å². The Labute approximate surface area is 170 Å². The average molecular weight is 467 g/mol. The van der Waals surface area contributed by atoms with Gasteiger partial charge in [0.2, 0.25) is 15.9 Å². The maximum Gasteiger partial charge on any atom is 0.252 e. The second-order valence-electron chi connectivity index (χ2n) is 6.78. The van der Waals surface area contributed by atoms with E-state index in [4.69, 9.17) is 0 Å². The van der Waals surface area contributed by atoms with Crippen LogP contribution in [0, 0.1) is 5.82 Å². The molecule has 2 aromatic rings. The van der Waals surface area contributed by atoms with E-state index in [1.54, 1.807) is 12.1 Å². The number of carbonyl (C=O) groups excluding carboxylic acids is 2. The fraction of sp³-hybridized carbons (Fsp3) is 0.263. The second-order valence-corrected chi connectivity index (χ2v) is 9.54. The normalized spacial score (nSPS) is 20.2. The Morgan fingerprint density at radius 1 is 1.00 bits per heavy atom. The van der Waals surface area contributed by atoms with Crippen molar-refractivity contribution in [2.75, 3.05) is 4.90 Å². The van der Waals surface area contributed by atoms with Gasteiger partial charge < -0.3 is 0 Å². The van der Waals surface area contributed by atoms with Crippen LogP contribution in [0.15, 0.2) is 57.9 Å². The minimum absolute atomic E-state index is 0.0723. The van der Waals surface area contributed by atoms with Crippen molar-refractivity contribution in [3.63, 3.8) is 0 Å². The van der Waals surface area contributed by atoms with E-state index in [9.17, 15) is 22.4 Å². The van der Waals surface area contributed by atoms with Crippen LogP contribution in [0.5, 0.6) is 0 Å². The van der Waals surface area contributed by atoms with Gasteiger partial charge in [-0.1, -0.05) is 15.9 Å². The molecular weight excluding hydrogens is 451 g/mol. The number of anilines is 1. The van der Waals surface area contributed by atoms with E-state index in [0.29, 0.717) is 12.8 Å². The predicted molar refractivity (Wildman–Crippen MR) is 103 cm³/mol. The Bertz CT molecular complexity index is 1040. The van der Waals surface area contributed by atoms with Gasteiger partial charge in [-0.3, -0.25) is 9.59 Å². The molecule has 2 amide bonds. The van der Waals surface area contributed by atoms with E-state index in [-0.39, 0.29) is 23.0 Å². The Morgan fingerprint density at radius 3 is 2.18 bits per heavy atom. The van der Waals surface area contributed by atoms with Crippen LogP contribution in [0.25, 0.3) is 0 Å². The van der Waals surface area contributed by atoms with Gasteiger partial charge in [0.15, 0.2) is 0 Å². The Kier molecular flexibility index (Phi) is 4.84. The molecule has 1 aliphatic carbocycles. The van der Waals surface area contributed by atoms with Crippen molar-refractivity contribution in [2.45, 2.75) is 36.2 Å². The van der Waals surface area contributed by atoms with E-state index < -0.39 is 33.7 Å². The summed E-state index contributed by atoms with van der Waals surface area (Å²) in [5.74, 6) is -1.60. The highest BCUT2D eigenvalue weighted by molar-refractivity contribution is 9.10.